The summed E-state index contributed by atoms with van der Waals surface area (Å²) in [4.78, 5) is 25.9. The number of cyclic esters (lactones) is 1. The lowest BCUT2D eigenvalue weighted by molar-refractivity contribution is -0.391. The topological polar surface area (TPSA) is 57.5 Å². The van der Waals surface area contributed by atoms with Crippen LogP contribution in [0.5, 0.6) is 0 Å². The largest absolute Gasteiger partial charge is 0.465 e. The van der Waals surface area contributed by atoms with Gasteiger partial charge in [0.25, 0.3) is 0 Å². The average Bonchev–Trinajstić information content (AvgIpc) is 3.19. The Morgan fingerprint density at radius 3 is 2.20 bits per heavy atom. The van der Waals surface area contributed by atoms with Crippen molar-refractivity contribution in [3.63, 3.8) is 0 Å². The van der Waals surface area contributed by atoms with E-state index in [1.807, 2.05) is 0 Å². The first-order chi connectivity index (χ1) is 16.0. The van der Waals surface area contributed by atoms with Crippen LogP contribution in [0.25, 0.3) is 10.9 Å². The Hall–Kier alpha value is -3.05. The highest BCUT2D eigenvalue weighted by Gasteiger charge is 2.86. The SMILES string of the molecule is CCOC(=O)[C@H]1C(=C(C)C)C(=O)O[C@@]1(c1c(C)n(C)c2ccccc12)C(F)(F)C(F)(F)C(F)(F)F. The molecule has 192 valence electrons. The van der Waals surface area contributed by atoms with Gasteiger partial charge in [-0.05, 0) is 33.8 Å². The zero-order chi connectivity index (χ0) is 26.7. The highest BCUT2D eigenvalue weighted by atomic mass is 19.4. The van der Waals surface area contributed by atoms with Crippen molar-refractivity contribution in [3.8, 4) is 0 Å². The summed E-state index contributed by atoms with van der Waals surface area (Å²) in [6.45, 7) is 4.48. The molecule has 0 N–H and O–H groups in total. The third kappa shape index (κ3) is 3.43. The van der Waals surface area contributed by atoms with Gasteiger partial charge in [0.15, 0.2) is 0 Å². The summed E-state index contributed by atoms with van der Waals surface area (Å²) in [5.74, 6) is -18.7. The molecule has 0 unspecified atom stereocenters. The van der Waals surface area contributed by atoms with Gasteiger partial charge in [-0.2, -0.15) is 30.7 Å². The highest BCUT2D eigenvalue weighted by Crippen LogP contribution is 2.63. The summed E-state index contributed by atoms with van der Waals surface area (Å²) in [7, 11) is 1.37. The highest BCUT2D eigenvalue weighted by molar-refractivity contribution is 6.02. The molecule has 0 amide bonds. The lowest BCUT2D eigenvalue weighted by Crippen LogP contribution is -2.65. The van der Waals surface area contributed by atoms with Gasteiger partial charge in [-0.15, -0.1) is 0 Å². The van der Waals surface area contributed by atoms with Crippen LogP contribution in [0.4, 0.5) is 30.7 Å². The summed E-state index contributed by atoms with van der Waals surface area (Å²) in [6, 6.07) is 5.46. The van der Waals surface area contributed by atoms with E-state index in [9.17, 15) is 31.5 Å². The van der Waals surface area contributed by atoms with Gasteiger partial charge in [0, 0.05) is 29.2 Å². The van der Waals surface area contributed by atoms with E-state index in [0.29, 0.717) is 0 Å². The van der Waals surface area contributed by atoms with Crippen LogP contribution in [0.3, 0.4) is 0 Å². The Kier molecular flexibility index (Phi) is 6.27. The van der Waals surface area contributed by atoms with Crippen LogP contribution in [0, 0.1) is 12.8 Å². The molecule has 1 saturated heterocycles. The van der Waals surface area contributed by atoms with Crippen molar-refractivity contribution in [3.05, 3.63) is 46.7 Å². The smallest absolute Gasteiger partial charge is 0.460 e. The molecule has 2 heterocycles. The zero-order valence-corrected chi connectivity index (χ0v) is 19.3. The molecular weight excluding hydrogens is 487 g/mol. The molecule has 1 fully saturated rings. The normalized spacial score (nSPS) is 21.4. The Balaban J connectivity index is 2.61. The fourth-order valence-electron chi connectivity index (χ4n) is 4.58. The summed E-state index contributed by atoms with van der Waals surface area (Å²) >= 11 is 0. The van der Waals surface area contributed by atoms with Crippen molar-refractivity contribution in [2.24, 2.45) is 13.0 Å². The van der Waals surface area contributed by atoms with Gasteiger partial charge in [0.1, 0.15) is 5.92 Å². The van der Waals surface area contributed by atoms with Crippen LogP contribution in [-0.2, 0) is 31.7 Å². The van der Waals surface area contributed by atoms with Crippen LogP contribution < -0.4 is 0 Å². The number of alkyl halides is 7. The molecule has 1 aromatic heterocycles. The first kappa shape index (κ1) is 26.6. The number of benzene rings is 1. The van der Waals surface area contributed by atoms with E-state index in [0.717, 1.165) is 0 Å². The minimum absolute atomic E-state index is 0.0843. The summed E-state index contributed by atoms with van der Waals surface area (Å²) in [5, 5.41) is -0.192. The molecular formula is C23H22F7NO4. The molecule has 1 aromatic carbocycles. The van der Waals surface area contributed by atoms with E-state index >= 15 is 8.78 Å². The van der Waals surface area contributed by atoms with Gasteiger partial charge in [0.2, 0.25) is 5.60 Å². The second-order valence-corrected chi connectivity index (χ2v) is 8.41. The van der Waals surface area contributed by atoms with E-state index in [1.54, 1.807) is 0 Å². The number of fused-ring (bicyclic) bond motifs is 1. The molecule has 0 bridgehead atoms. The maximum atomic E-state index is 15.9. The number of para-hydroxylation sites is 1. The van der Waals surface area contributed by atoms with E-state index in [-0.39, 0.29) is 22.2 Å². The number of aryl methyl sites for hydroxylation is 1. The van der Waals surface area contributed by atoms with Crippen molar-refractivity contribution in [1.29, 1.82) is 0 Å². The maximum absolute atomic E-state index is 15.9. The minimum Gasteiger partial charge on any atom is -0.465 e. The molecule has 0 aliphatic carbocycles. The van der Waals surface area contributed by atoms with Gasteiger partial charge >= 0.3 is 30.0 Å². The molecule has 0 radical (unpaired) electrons. The van der Waals surface area contributed by atoms with E-state index < -0.39 is 59.2 Å². The molecule has 0 saturated carbocycles. The molecule has 2 aromatic rings. The molecule has 35 heavy (non-hydrogen) atoms. The first-order valence-corrected chi connectivity index (χ1v) is 10.4. The summed E-state index contributed by atoms with van der Waals surface area (Å²) in [6.07, 6.45) is -6.75. The van der Waals surface area contributed by atoms with Gasteiger partial charge in [0.05, 0.1) is 12.2 Å². The molecule has 5 nitrogen and oxygen atoms in total. The van der Waals surface area contributed by atoms with Crippen molar-refractivity contribution in [1.82, 2.24) is 4.57 Å². The number of allylic oxidation sites excluding steroid dienone is 1. The number of halogens is 7. The third-order valence-electron chi connectivity index (χ3n) is 6.22. The van der Waals surface area contributed by atoms with Crippen LogP contribution >= 0.6 is 0 Å². The number of carbonyl (C=O) groups is 2. The number of rotatable bonds is 5. The summed E-state index contributed by atoms with van der Waals surface area (Å²) < 4.78 is 112. The molecule has 2 atom stereocenters. The number of hydrogen-bond acceptors (Lipinski definition) is 4. The second-order valence-electron chi connectivity index (χ2n) is 8.41. The Morgan fingerprint density at radius 2 is 1.69 bits per heavy atom. The Bertz CT molecular complexity index is 1220. The zero-order valence-electron chi connectivity index (χ0n) is 19.3. The molecule has 12 heteroatoms. The predicted molar refractivity (Wildman–Crippen MR) is 110 cm³/mol. The number of hydrogen-bond donors (Lipinski definition) is 0. The minimum atomic E-state index is -6.75. The fourth-order valence-corrected chi connectivity index (χ4v) is 4.58. The van der Waals surface area contributed by atoms with Gasteiger partial charge in [-0.1, -0.05) is 23.8 Å². The van der Waals surface area contributed by atoms with Gasteiger partial charge in [-0.3, -0.25) is 4.79 Å². The predicted octanol–water partition coefficient (Wildman–Crippen LogP) is 5.59. The number of esters is 2. The van der Waals surface area contributed by atoms with Crippen LogP contribution in [0.15, 0.2) is 35.4 Å². The molecule has 1 aliphatic heterocycles. The number of carbonyl (C=O) groups excluding carboxylic acids is 2. The number of aromatic nitrogens is 1. The fraction of sp³-hybridized carbons (Fsp3) is 0.478. The number of ether oxygens (including phenoxy) is 2. The van der Waals surface area contributed by atoms with E-state index in [4.69, 9.17) is 9.47 Å². The van der Waals surface area contributed by atoms with Crippen molar-refractivity contribution in [2.75, 3.05) is 6.61 Å². The number of nitrogens with zero attached hydrogens (tertiary/aromatic N) is 1. The summed E-state index contributed by atoms with van der Waals surface area (Å²) in [5.41, 5.74) is -5.80. The quantitative estimate of drug-likeness (QED) is 0.300. The van der Waals surface area contributed by atoms with Crippen LogP contribution in [0.2, 0.25) is 0 Å². The van der Waals surface area contributed by atoms with Crippen LogP contribution in [-0.4, -0.2) is 41.1 Å². The van der Waals surface area contributed by atoms with Crippen LogP contribution in [0.1, 0.15) is 32.0 Å². The lowest BCUT2D eigenvalue weighted by Gasteiger charge is -2.42. The van der Waals surface area contributed by atoms with Gasteiger partial charge < -0.3 is 14.0 Å². The average molecular weight is 509 g/mol. The maximum Gasteiger partial charge on any atom is 0.460 e. The monoisotopic (exact) mass is 509 g/mol. The van der Waals surface area contributed by atoms with Gasteiger partial charge in [-0.25, -0.2) is 4.79 Å². The molecule has 3 rings (SSSR count). The van der Waals surface area contributed by atoms with Crippen molar-refractivity contribution < 1.29 is 49.8 Å². The Morgan fingerprint density at radius 1 is 1.11 bits per heavy atom. The Labute approximate surface area is 195 Å². The van der Waals surface area contributed by atoms with Crippen molar-refractivity contribution in [2.45, 2.75) is 51.3 Å². The first-order valence-electron chi connectivity index (χ1n) is 10.4. The standard InChI is InChI=1S/C23H22F7NO4/c1-6-34-19(33)17-15(11(2)3)18(32)35-20(17,21(24,25)22(26,27)23(28,29)30)16-12(4)31(5)14-10-8-7-9-13(14)16/h7-10,17H,6H2,1-5H3/t17-,20-/m1/s1. The van der Waals surface area contributed by atoms with E-state index in [1.165, 1.54) is 63.6 Å². The molecule has 0 spiro atoms. The van der Waals surface area contributed by atoms with E-state index in [2.05, 4.69) is 0 Å². The molecule has 1 aliphatic rings. The lowest BCUT2D eigenvalue weighted by atomic mass is 9.71. The third-order valence-corrected chi connectivity index (χ3v) is 6.22. The van der Waals surface area contributed by atoms with Crippen molar-refractivity contribution >= 4 is 22.8 Å². The second kappa shape index (κ2) is 8.27.